The number of rotatable bonds is 2. The lowest BCUT2D eigenvalue weighted by Gasteiger charge is -2.37. The van der Waals surface area contributed by atoms with Crippen LogP contribution in [0, 0.1) is 6.92 Å². The highest BCUT2D eigenvalue weighted by atomic mass is 16.6. The van der Waals surface area contributed by atoms with E-state index in [9.17, 15) is 4.79 Å². The van der Waals surface area contributed by atoms with Crippen molar-refractivity contribution in [1.29, 1.82) is 0 Å². The van der Waals surface area contributed by atoms with Gasteiger partial charge in [0.1, 0.15) is 22.7 Å². The maximum absolute atomic E-state index is 12.6. The largest absolute Gasteiger partial charge is 0.593 e. The molecule has 2 heterocycles. The fourth-order valence-corrected chi connectivity index (χ4v) is 3.95. The average molecular weight is 350 g/mol. The van der Waals surface area contributed by atoms with Crippen LogP contribution in [-0.4, -0.2) is 13.1 Å². The van der Waals surface area contributed by atoms with Crippen molar-refractivity contribution in [2.24, 2.45) is 0 Å². The normalized spacial score (nSPS) is 16.7. The zero-order chi connectivity index (χ0) is 18.6. The molecule has 0 saturated heterocycles. The second-order valence-corrected chi connectivity index (χ2v) is 7.62. The van der Waals surface area contributed by atoms with E-state index in [1.165, 1.54) is 0 Å². The average Bonchev–Trinajstić information content (AvgIpc) is 2.53. The van der Waals surface area contributed by atoms with Crippen LogP contribution in [0.25, 0.3) is 11.1 Å². The molecule has 4 nitrogen and oxygen atoms in total. The van der Waals surface area contributed by atoms with Crippen LogP contribution >= 0.6 is 0 Å². The summed E-state index contributed by atoms with van der Waals surface area (Å²) in [6.45, 7) is 10.0. The molecule has 2 aromatic rings. The molecule has 0 saturated carbocycles. The summed E-state index contributed by atoms with van der Waals surface area (Å²) in [7, 11) is -0.612. The van der Waals surface area contributed by atoms with Crippen LogP contribution in [-0.2, 0) is 16.7 Å². The number of hydrogen-bond donors (Lipinski definition) is 0. The van der Waals surface area contributed by atoms with Gasteiger partial charge in [-0.1, -0.05) is 37.1 Å². The molecule has 0 amide bonds. The Kier molecular flexibility index (Phi) is 3.79. The van der Waals surface area contributed by atoms with Gasteiger partial charge in [0.05, 0.1) is 5.56 Å². The van der Waals surface area contributed by atoms with E-state index in [-0.39, 0.29) is 5.97 Å². The van der Waals surface area contributed by atoms with E-state index >= 15 is 0 Å². The maximum Gasteiger partial charge on any atom is 0.593 e. The van der Waals surface area contributed by atoms with Crippen molar-refractivity contribution in [2.45, 2.75) is 53.0 Å². The summed E-state index contributed by atoms with van der Waals surface area (Å²) in [6.07, 6.45) is 1.69. The van der Waals surface area contributed by atoms with Gasteiger partial charge in [0.15, 0.2) is 0 Å². The molecule has 134 valence electrons. The second-order valence-electron chi connectivity index (χ2n) is 7.62. The Hall–Kier alpha value is -2.43. The van der Waals surface area contributed by atoms with Crippen LogP contribution in [0.5, 0.6) is 11.5 Å². The van der Waals surface area contributed by atoms with Crippen LogP contribution in [0.3, 0.4) is 0 Å². The van der Waals surface area contributed by atoms with Gasteiger partial charge in [0.25, 0.3) is 0 Å². The molecule has 0 bridgehead atoms. The lowest BCUT2D eigenvalue weighted by atomic mass is 9.81. The highest BCUT2D eigenvalue weighted by molar-refractivity contribution is 6.48. The topological polar surface area (TPSA) is 44.8 Å². The Morgan fingerprint density at radius 2 is 1.88 bits per heavy atom. The summed E-state index contributed by atoms with van der Waals surface area (Å²) in [5.41, 5.74) is 5.19. The molecule has 0 N–H and O–H groups in total. The third-order valence-electron chi connectivity index (χ3n) is 5.07. The maximum atomic E-state index is 12.6. The summed E-state index contributed by atoms with van der Waals surface area (Å²) in [4.78, 5) is 12.6. The van der Waals surface area contributed by atoms with Gasteiger partial charge in [-0.25, -0.2) is 4.79 Å². The first-order valence-corrected chi connectivity index (χ1v) is 9.20. The van der Waals surface area contributed by atoms with E-state index in [2.05, 4.69) is 45.9 Å². The number of fused-ring (bicyclic) bond motifs is 5. The van der Waals surface area contributed by atoms with E-state index in [0.717, 1.165) is 46.4 Å². The molecule has 0 spiro atoms. The van der Waals surface area contributed by atoms with E-state index in [4.69, 9.17) is 14.0 Å². The van der Waals surface area contributed by atoms with Crippen molar-refractivity contribution in [3.63, 3.8) is 0 Å². The zero-order valence-corrected chi connectivity index (χ0v) is 15.9. The zero-order valence-electron chi connectivity index (χ0n) is 15.9. The van der Waals surface area contributed by atoms with Crippen molar-refractivity contribution in [3.05, 3.63) is 46.5 Å². The van der Waals surface area contributed by atoms with Crippen LogP contribution in [0.2, 0.25) is 6.82 Å². The summed E-state index contributed by atoms with van der Waals surface area (Å²) < 4.78 is 17.7. The van der Waals surface area contributed by atoms with Crippen molar-refractivity contribution < 1.29 is 18.8 Å². The van der Waals surface area contributed by atoms with Crippen molar-refractivity contribution >= 4 is 13.1 Å². The Balaban J connectivity index is 2.07. The third kappa shape index (κ3) is 2.49. The van der Waals surface area contributed by atoms with E-state index in [0.29, 0.717) is 11.3 Å². The van der Waals surface area contributed by atoms with E-state index in [1.54, 1.807) is 6.82 Å². The van der Waals surface area contributed by atoms with Crippen LogP contribution < -0.4 is 9.39 Å². The van der Waals surface area contributed by atoms with Crippen molar-refractivity contribution in [3.8, 4) is 22.6 Å². The SMILES string of the molecule is CCCc1cc2c(c3c1C(=O)OB(C)O3)-c1cc(C)ccc1C(C)(C)O2. The van der Waals surface area contributed by atoms with Crippen molar-refractivity contribution in [2.75, 3.05) is 0 Å². The molecule has 2 aromatic carbocycles. The standard InChI is InChI=1S/C21H23BO4/c1-6-7-13-11-16-18(19-17(13)20(23)26-22(5)25-19)14-10-12(2)8-9-15(14)21(3,4)24-16/h8-11H,6-7H2,1-5H3. The molecule has 0 aliphatic carbocycles. The molecule has 0 fully saturated rings. The van der Waals surface area contributed by atoms with Gasteiger partial charge in [-0.3, -0.25) is 0 Å². The molecule has 4 rings (SSSR count). The van der Waals surface area contributed by atoms with E-state index < -0.39 is 12.7 Å². The molecule has 0 radical (unpaired) electrons. The predicted octanol–water partition coefficient (Wildman–Crippen LogP) is 4.91. The Bertz CT molecular complexity index is 917. The molecule has 2 aliphatic heterocycles. The number of aryl methyl sites for hydroxylation is 2. The smallest absolute Gasteiger partial charge is 0.525 e. The minimum absolute atomic E-state index is 0.316. The number of carbonyl (C=O) groups is 1. The van der Waals surface area contributed by atoms with Crippen LogP contribution in [0.4, 0.5) is 0 Å². The molecule has 2 aliphatic rings. The Morgan fingerprint density at radius 1 is 1.12 bits per heavy atom. The lowest BCUT2D eigenvalue weighted by molar-refractivity contribution is 0.0680. The quantitative estimate of drug-likeness (QED) is 0.722. The molecule has 0 aromatic heterocycles. The van der Waals surface area contributed by atoms with Gasteiger partial charge in [-0.05, 0) is 51.2 Å². The number of hydrogen-bond acceptors (Lipinski definition) is 4. The molecule has 0 unspecified atom stereocenters. The van der Waals surface area contributed by atoms with Gasteiger partial charge in [0, 0.05) is 5.56 Å². The fraction of sp³-hybridized carbons (Fsp3) is 0.381. The van der Waals surface area contributed by atoms with Gasteiger partial charge >= 0.3 is 13.1 Å². The highest BCUT2D eigenvalue weighted by Gasteiger charge is 2.40. The summed E-state index contributed by atoms with van der Waals surface area (Å²) in [5, 5.41) is 0. The van der Waals surface area contributed by atoms with E-state index in [1.807, 2.05) is 6.07 Å². The molecular weight excluding hydrogens is 327 g/mol. The van der Waals surface area contributed by atoms with Gasteiger partial charge in [0.2, 0.25) is 0 Å². The first-order chi connectivity index (χ1) is 12.3. The minimum Gasteiger partial charge on any atom is -0.525 e. The predicted molar refractivity (Wildman–Crippen MR) is 102 cm³/mol. The second kappa shape index (κ2) is 5.80. The van der Waals surface area contributed by atoms with Gasteiger partial charge in [-0.15, -0.1) is 0 Å². The van der Waals surface area contributed by atoms with Crippen molar-refractivity contribution in [1.82, 2.24) is 0 Å². The minimum atomic E-state index is -0.612. The Labute approximate surface area is 154 Å². The van der Waals surface area contributed by atoms with Gasteiger partial charge in [-0.2, -0.15) is 0 Å². The third-order valence-corrected chi connectivity index (χ3v) is 5.07. The monoisotopic (exact) mass is 350 g/mol. The molecule has 0 atom stereocenters. The number of carbonyl (C=O) groups excluding carboxylic acids is 1. The Morgan fingerprint density at radius 3 is 2.62 bits per heavy atom. The molecular formula is C21H23BO4. The summed E-state index contributed by atoms with van der Waals surface area (Å²) >= 11 is 0. The molecule has 5 heteroatoms. The first kappa shape index (κ1) is 17.0. The van der Waals surface area contributed by atoms with Crippen LogP contribution in [0.15, 0.2) is 24.3 Å². The highest BCUT2D eigenvalue weighted by Crippen LogP contribution is 2.52. The van der Waals surface area contributed by atoms with Gasteiger partial charge < -0.3 is 14.0 Å². The summed E-state index contributed by atoms with van der Waals surface area (Å²) in [5.74, 6) is 1.05. The number of ether oxygens (including phenoxy) is 1. The number of benzene rings is 2. The van der Waals surface area contributed by atoms with Crippen LogP contribution in [0.1, 0.15) is 54.2 Å². The first-order valence-electron chi connectivity index (χ1n) is 9.20. The lowest BCUT2D eigenvalue weighted by Crippen LogP contribution is -2.35. The molecule has 26 heavy (non-hydrogen) atoms. The fourth-order valence-electron chi connectivity index (χ4n) is 3.95. The summed E-state index contributed by atoms with van der Waals surface area (Å²) in [6, 6.07) is 8.33.